The Labute approximate surface area is 113 Å². The van der Waals surface area contributed by atoms with Crippen molar-refractivity contribution in [2.75, 3.05) is 0 Å². The summed E-state index contributed by atoms with van der Waals surface area (Å²) in [7, 11) is 0. The number of hydrogen-bond acceptors (Lipinski definition) is 3. The summed E-state index contributed by atoms with van der Waals surface area (Å²) >= 11 is 0. The van der Waals surface area contributed by atoms with Crippen LogP contribution >= 0.6 is 0 Å². The average Bonchev–Trinajstić information content (AvgIpc) is 2.81. The number of nitrogens with one attached hydrogen (secondary N) is 1. The molecule has 5 nitrogen and oxygen atoms in total. The van der Waals surface area contributed by atoms with E-state index in [1.807, 2.05) is 30.3 Å². The smallest absolute Gasteiger partial charge is 0.271 e. The van der Waals surface area contributed by atoms with Crippen LogP contribution in [0.1, 0.15) is 0 Å². The number of pyridine rings is 1. The summed E-state index contributed by atoms with van der Waals surface area (Å²) in [4.78, 5) is 18.3. The molecule has 20 heavy (non-hydrogen) atoms. The van der Waals surface area contributed by atoms with Crippen molar-refractivity contribution >= 4 is 38.5 Å². The number of H-pyrrole nitrogens is 1. The van der Waals surface area contributed by atoms with Crippen LogP contribution in [-0.2, 0) is 0 Å². The number of aromatic nitrogens is 2. The molecule has 1 N–H and O–H groups in total. The van der Waals surface area contributed by atoms with Gasteiger partial charge in [0.2, 0.25) is 0 Å². The fraction of sp³-hybridized carbons (Fsp3) is 0. The minimum Gasteiger partial charge on any atom is -0.353 e. The van der Waals surface area contributed by atoms with Crippen LogP contribution in [0.3, 0.4) is 0 Å². The molecule has 0 unspecified atom stereocenters. The van der Waals surface area contributed by atoms with E-state index < -0.39 is 4.92 Å². The molecule has 2 aromatic carbocycles. The topological polar surface area (TPSA) is 71.8 Å². The molecule has 0 bridgehead atoms. The van der Waals surface area contributed by atoms with E-state index in [1.165, 1.54) is 6.07 Å². The second kappa shape index (κ2) is 3.77. The average molecular weight is 263 g/mol. The van der Waals surface area contributed by atoms with Gasteiger partial charge in [-0.3, -0.25) is 10.1 Å². The van der Waals surface area contributed by atoms with Crippen molar-refractivity contribution in [3.63, 3.8) is 0 Å². The van der Waals surface area contributed by atoms with Crippen LogP contribution in [-0.4, -0.2) is 14.9 Å². The van der Waals surface area contributed by atoms with Crippen LogP contribution in [0.2, 0.25) is 0 Å². The summed E-state index contributed by atoms with van der Waals surface area (Å²) in [6.07, 6.45) is 0. The molecule has 4 rings (SSSR count). The number of nitrogens with zero attached hydrogens (tertiary/aromatic N) is 2. The van der Waals surface area contributed by atoms with Gasteiger partial charge in [-0.05, 0) is 18.2 Å². The summed E-state index contributed by atoms with van der Waals surface area (Å²) < 4.78 is 0. The number of benzene rings is 2. The maximum atomic E-state index is 10.8. The second-order valence-corrected chi connectivity index (χ2v) is 4.69. The molecular formula is C15H9N3O2. The van der Waals surface area contributed by atoms with Gasteiger partial charge in [0.15, 0.2) is 0 Å². The first-order chi connectivity index (χ1) is 9.72. The van der Waals surface area contributed by atoms with Gasteiger partial charge in [0.05, 0.1) is 27.0 Å². The highest BCUT2D eigenvalue weighted by molar-refractivity contribution is 6.08. The van der Waals surface area contributed by atoms with E-state index in [2.05, 4.69) is 9.97 Å². The first kappa shape index (κ1) is 10.9. The standard InChI is InChI=1S/C15H9N3O2/c19-18(20)10-5-6-11-13(8-10)16-14-7-9-3-1-2-4-12(9)17-15(11)14/h1-8,16H. The van der Waals surface area contributed by atoms with Crippen molar-refractivity contribution in [2.24, 2.45) is 0 Å². The predicted octanol–water partition coefficient (Wildman–Crippen LogP) is 3.78. The van der Waals surface area contributed by atoms with Crippen LogP contribution < -0.4 is 0 Å². The summed E-state index contributed by atoms with van der Waals surface area (Å²) in [6.45, 7) is 0. The van der Waals surface area contributed by atoms with Gasteiger partial charge in [0, 0.05) is 22.9 Å². The van der Waals surface area contributed by atoms with Crippen molar-refractivity contribution in [1.29, 1.82) is 0 Å². The largest absolute Gasteiger partial charge is 0.353 e. The lowest BCUT2D eigenvalue weighted by Crippen LogP contribution is -1.86. The highest BCUT2D eigenvalue weighted by atomic mass is 16.6. The number of fused-ring (bicyclic) bond motifs is 4. The lowest BCUT2D eigenvalue weighted by atomic mass is 10.1. The fourth-order valence-electron chi connectivity index (χ4n) is 2.52. The van der Waals surface area contributed by atoms with E-state index in [1.54, 1.807) is 12.1 Å². The van der Waals surface area contributed by atoms with E-state index in [4.69, 9.17) is 0 Å². The van der Waals surface area contributed by atoms with Crippen molar-refractivity contribution in [3.8, 4) is 0 Å². The molecule has 0 aliphatic heterocycles. The summed E-state index contributed by atoms with van der Waals surface area (Å²) in [5.74, 6) is 0. The molecule has 0 spiro atoms. The van der Waals surface area contributed by atoms with Gasteiger partial charge in [-0.15, -0.1) is 0 Å². The molecule has 0 saturated heterocycles. The Morgan fingerprint density at radius 2 is 1.90 bits per heavy atom. The summed E-state index contributed by atoms with van der Waals surface area (Å²) in [5, 5.41) is 12.8. The minimum absolute atomic E-state index is 0.0774. The Morgan fingerprint density at radius 3 is 2.75 bits per heavy atom. The van der Waals surface area contributed by atoms with Crippen LogP contribution in [0.4, 0.5) is 5.69 Å². The van der Waals surface area contributed by atoms with Crippen LogP contribution in [0.5, 0.6) is 0 Å². The molecule has 0 amide bonds. The minimum atomic E-state index is -0.394. The molecule has 0 atom stereocenters. The lowest BCUT2D eigenvalue weighted by Gasteiger charge is -1.97. The van der Waals surface area contributed by atoms with Crippen LogP contribution in [0.25, 0.3) is 32.8 Å². The molecule has 96 valence electrons. The zero-order valence-corrected chi connectivity index (χ0v) is 10.3. The lowest BCUT2D eigenvalue weighted by molar-refractivity contribution is -0.384. The number of nitro benzene ring substituents is 1. The molecule has 5 heteroatoms. The molecular weight excluding hydrogens is 254 g/mol. The molecule has 4 aromatic rings. The summed E-state index contributed by atoms with van der Waals surface area (Å²) in [5.41, 5.74) is 3.46. The normalized spacial score (nSPS) is 11.4. The third-order valence-electron chi connectivity index (χ3n) is 3.46. The van der Waals surface area contributed by atoms with Gasteiger partial charge >= 0.3 is 0 Å². The van der Waals surface area contributed by atoms with Crippen LogP contribution in [0, 0.1) is 10.1 Å². The quantitative estimate of drug-likeness (QED) is 0.419. The molecule has 0 aliphatic carbocycles. The Morgan fingerprint density at radius 1 is 1.05 bits per heavy atom. The SMILES string of the molecule is O=[N+]([O-])c1ccc2c(c1)[nH]c1cc3ccccc3nc12. The van der Waals surface area contributed by atoms with Crippen molar-refractivity contribution in [3.05, 3.63) is 58.6 Å². The number of aromatic amines is 1. The van der Waals surface area contributed by atoms with Gasteiger partial charge in [-0.25, -0.2) is 4.98 Å². The molecule has 2 heterocycles. The first-order valence-electron chi connectivity index (χ1n) is 6.18. The third kappa shape index (κ3) is 1.46. The maximum absolute atomic E-state index is 10.8. The Bertz CT molecular complexity index is 988. The molecule has 2 aromatic heterocycles. The number of non-ortho nitro benzene ring substituents is 1. The predicted molar refractivity (Wildman–Crippen MR) is 77.8 cm³/mol. The van der Waals surface area contributed by atoms with Crippen molar-refractivity contribution < 1.29 is 4.92 Å². The highest BCUT2D eigenvalue weighted by Gasteiger charge is 2.11. The monoisotopic (exact) mass is 263 g/mol. The molecule has 0 aliphatic rings. The highest BCUT2D eigenvalue weighted by Crippen LogP contribution is 2.29. The van der Waals surface area contributed by atoms with E-state index in [-0.39, 0.29) is 5.69 Å². The zero-order valence-electron chi connectivity index (χ0n) is 10.3. The maximum Gasteiger partial charge on any atom is 0.271 e. The zero-order chi connectivity index (χ0) is 13.7. The van der Waals surface area contributed by atoms with E-state index >= 15 is 0 Å². The third-order valence-corrected chi connectivity index (χ3v) is 3.46. The van der Waals surface area contributed by atoms with Crippen molar-refractivity contribution in [2.45, 2.75) is 0 Å². The number of hydrogen-bond donors (Lipinski definition) is 1. The van der Waals surface area contributed by atoms with Crippen LogP contribution in [0.15, 0.2) is 48.5 Å². The number of rotatable bonds is 1. The molecule has 0 saturated carbocycles. The van der Waals surface area contributed by atoms with E-state index in [0.717, 1.165) is 32.8 Å². The van der Waals surface area contributed by atoms with E-state index in [0.29, 0.717) is 0 Å². The molecule has 0 fully saturated rings. The number of nitro groups is 1. The molecule has 0 radical (unpaired) electrons. The Balaban J connectivity index is 2.12. The second-order valence-electron chi connectivity index (χ2n) is 4.69. The van der Waals surface area contributed by atoms with Gasteiger partial charge in [0.1, 0.15) is 0 Å². The van der Waals surface area contributed by atoms with Gasteiger partial charge in [-0.2, -0.15) is 0 Å². The van der Waals surface area contributed by atoms with Gasteiger partial charge in [0.25, 0.3) is 5.69 Å². The fourth-order valence-corrected chi connectivity index (χ4v) is 2.52. The van der Waals surface area contributed by atoms with Crippen molar-refractivity contribution in [1.82, 2.24) is 9.97 Å². The van der Waals surface area contributed by atoms with Gasteiger partial charge in [-0.1, -0.05) is 18.2 Å². The Hall–Kier alpha value is -2.95. The summed E-state index contributed by atoms with van der Waals surface area (Å²) in [6, 6.07) is 14.7. The van der Waals surface area contributed by atoms with Gasteiger partial charge < -0.3 is 4.98 Å². The number of para-hydroxylation sites is 1. The first-order valence-corrected chi connectivity index (χ1v) is 6.18. The Kier molecular flexibility index (Phi) is 2.06. The van der Waals surface area contributed by atoms with E-state index in [9.17, 15) is 10.1 Å².